The summed E-state index contributed by atoms with van der Waals surface area (Å²) in [6, 6.07) is 8.65. The van der Waals surface area contributed by atoms with E-state index in [2.05, 4.69) is 34.5 Å². The van der Waals surface area contributed by atoms with Gasteiger partial charge in [0.1, 0.15) is 5.75 Å². The molecule has 2 fully saturated rings. The highest BCUT2D eigenvalue weighted by atomic mass is 16.5. The van der Waals surface area contributed by atoms with E-state index in [4.69, 9.17) is 4.74 Å². The molecule has 0 spiro atoms. The van der Waals surface area contributed by atoms with Crippen LogP contribution in [0.25, 0.3) is 0 Å². The summed E-state index contributed by atoms with van der Waals surface area (Å²) < 4.78 is 5.57. The lowest BCUT2D eigenvalue weighted by Gasteiger charge is -2.29. The van der Waals surface area contributed by atoms with Crippen LogP contribution in [0.15, 0.2) is 36.4 Å². The Bertz CT molecular complexity index is 649. The first-order valence-electron chi connectivity index (χ1n) is 10.2. The molecule has 1 N–H and O–H groups in total. The normalized spacial score (nSPS) is 28.4. The van der Waals surface area contributed by atoms with E-state index in [-0.39, 0.29) is 17.9 Å². The van der Waals surface area contributed by atoms with Gasteiger partial charge in [0.15, 0.2) is 0 Å². The number of nitrogens with zero attached hydrogens (tertiary/aromatic N) is 1. The fourth-order valence-corrected chi connectivity index (χ4v) is 4.87. The van der Waals surface area contributed by atoms with Crippen molar-refractivity contribution in [1.82, 2.24) is 10.2 Å². The zero-order valence-electron chi connectivity index (χ0n) is 15.7. The minimum Gasteiger partial charge on any atom is -0.494 e. The first-order chi connectivity index (χ1) is 12.7. The number of hydrogen-bond acceptors (Lipinski definition) is 3. The van der Waals surface area contributed by atoms with Crippen molar-refractivity contribution >= 4 is 5.91 Å². The molecule has 4 rings (SSSR count). The average molecular weight is 354 g/mol. The molecule has 4 heteroatoms. The lowest BCUT2D eigenvalue weighted by Crippen LogP contribution is -2.40. The summed E-state index contributed by atoms with van der Waals surface area (Å²) >= 11 is 0. The minimum absolute atomic E-state index is 0.185. The number of nitrogens with one attached hydrogen (secondary N) is 1. The van der Waals surface area contributed by atoms with E-state index < -0.39 is 0 Å². The molecule has 2 aliphatic carbocycles. The van der Waals surface area contributed by atoms with Gasteiger partial charge < -0.3 is 10.1 Å². The number of amides is 1. The Morgan fingerprint density at radius 1 is 1.19 bits per heavy atom. The maximum atomic E-state index is 12.7. The number of likely N-dealkylation sites (tertiary alicyclic amines) is 1. The number of benzene rings is 1. The Morgan fingerprint density at radius 2 is 1.96 bits per heavy atom. The van der Waals surface area contributed by atoms with Gasteiger partial charge in [-0.1, -0.05) is 24.3 Å². The summed E-state index contributed by atoms with van der Waals surface area (Å²) in [6.07, 6.45) is 9.25. The lowest BCUT2D eigenvalue weighted by atomic mass is 9.92. The Labute approximate surface area is 156 Å². The van der Waals surface area contributed by atoms with Crippen molar-refractivity contribution in [3.8, 4) is 5.75 Å². The average Bonchev–Trinajstić information content (AvgIpc) is 3.41. The van der Waals surface area contributed by atoms with Crippen LogP contribution in [0.3, 0.4) is 0 Å². The predicted molar refractivity (Wildman–Crippen MR) is 103 cm³/mol. The van der Waals surface area contributed by atoms with Gasteiger partial charge in [0, 0.05) is 12.5 Å². The Kier molecular flexibility index (Phi) is 5.30. The molecule has 1 heterocycles. The summed E-state index contributed by atoms with van der Waals surface area (Å²) in [6.45, 7) is 5.62. The predicted octanol–water partition coefficient (Wildman–Crippen LogP) is 3.55. The summed E-state index contributed by atoms with van der Waals surface area (Å²) in [5.74, 6) is 2.45. The Balaban J connectivity index is 1.42. The molecule has 1 amide bonds. The van der Waals surface area contributed by atoms with E-state index in [1.807, 2.05) is 19.1 Å². The third-order valence-electron chi connectivity index (χ3n) is 6.24. The molecule has 1 unspecified atom stereocenters. The van der Waals surface area contributed by atoms with Crippen molar-refractivity contribution in [3.63, 3.8) is 0 Å². The Hall–Kier alpha value is -1.81. The van der Waals surface area contributed by atoms with Crippen molar-refractivity contribution < 1.29 is 9.53 Å². The summed E-state index contributed by atoms with van der Waals surface area (Å²) in [5, 5.41) is 3.28. The van der Waals surface area contributed by atoms with Gasteiger partial charge in [-0.05, 0) is 75.2 Å². The van der Waals surface area contributed by atoms with Crippen LogP contribution in [-0.4, -0.2) is 37.0 Å². The van der Waals surface area contributed by atoms with Crippen molar-refractivity contribution in [2.24, 2.45) is 17.8 Å². The molecule has 2 bridgehead atoms. The van der Waals surface area contributed by atoms with Crippen molar-refractivity contribution in [3.05, 3.63) is 42.0 Å². The van der Waals surface area contributed by atoms with Gasteiger partial charge in [-0.3, -0.25) is 9.69 Å². The highest BCUT2D eigenvalue weighted by Gasteiger charge is 2.40. The number of carbonyl (C=O) groups excluding carboxylic acids is 1. The molecule has 1 saturated carbocycles. The van der Waals surface area contributed by atoms with E-state index in [1.54, 1.807) is 0 Å². The van der Waals surface area contributed by atoms with Crippen molar-refractivity contribution in [1.29, 1.82) is 0 Å². The van der Waals surface area contributed by atoms with Crippen LogP contribution in [0.5, 0.6) is 5.75 Å². The first kappa shape index (κ1) is 17.6. The van der Waals surface area contributed by atoms with Crippen molar-refractivity contribution in [2.45, 2.75) is 38.6 Å². The van der Waals surface area contributed by atoms with Crippen LogP contribution in [-0.2, 0) is 4.79 Å². The number of fused-ring (bicyclic) bond motifs is 2. The standard InChI is InChI=1S/C22H30N2O2/c1-2-26-19-9-7-17(8-10-19)21(24-11-3-4-12-24)15-23-22(25)20-14-16-5-6-18(20)13-16/h5-10,16,18,20-21H,2-4,11-15H2,1H3,(H,23,25)/t16-,18+,20-,21?/m1/s1. The van der Waals surface area contributed by atoms with Crippen LogP contribution in [0.1, 0.15) is 44.2 Å². The molecule has 26 heavy (non-hydrogen) atoms. The van der Waals surface area contributed by atoms with Crippen molar-refractivity contribution in [2.75, 3.05) is 26.2 Å². The van der Waals surface area contributed by atoms with E-state index in [9.17, 15) is 4.79 Å². The molecule has 4 atom stereocenters. The zero-order valence-corrected chi connectivity index (χ0v) is 15.7. The molecule has 1 aromatic rings. The van der Waals surface area contributed by atoms with Gasteiger partial charge >= 0.3 is 0 Å². The third kappa shape index (κ3) is 3.66. The molecule has 1 saturated heterocycles. The van der Waals surface area contributed by atoms with Gasteiger partial charge in [-0.15, -0.1) is 0 Å². The third-order valence-corrected chi connectivity index (χ3v) is 6.24. The van der Waals surface area contributed by atoms with Crippen LogP contribution >= 0.6 is 0 Å². The number of ether oxygens (including phenoxy) is 1. The van der Waals surface area contributed by atoms with E-state index >= 15 is 0 Å². The number of carbonyl (C=O) groups is 1. The summed E-state index contributed by atoms with van der Waals surface area (Å²) in [5.41, 5.74) is 1.27. The van der Waals surface area contributed by atoms with E-state index in [0.717, 1.165) is 25.3 Å². The molecule has 140 valence electrons. The van der Waals surface area contributed by atoms with Crippen LogP contribution < -0.4 is 10.1 Å². The van der Waals surface area contributed by atoms with Crippen LogP contribution in [0.4, 0.5) is 0 Å². The molecular formula is C22H30N2O2. The minimum atomic E-state index is 0.185. The molecule has 1 aromatic carbocycles. The topological polar surface area (TPSA) is 41.6 Å². The maximum Gasteiger partial charge on any atom is 0.223 e. The second-order valence-corrected chi connectivity index (χ2v) is 7.89. The number of rotatable bonds is 7. The molecule has 1 aliphatic heterocycles. The van der Waals surface area contributed by atoms with E-state index in [0.29, 0.717) is 25.0 Å². The molecule has 0 radical (unpaired) electrons. The van der Waals surface area contributed by atoms with Gasteiger partial charge in [-0.25, -0.2) is 0 Å². The van der Waals surface area contributed by atoms with Gasteiger partial charge in [-0.2, -0.15) is 0 Å². The highest BCUT2D eigenvalue weighted by molar-refractivity contribution is 5.80. The SMILES string of the molecule is CCOc1ccc(C(CNC(=O)[C@@H]2C[C@@H]3C=C[C@H]2C3)N2CCCC2)cc1. The quantitative estimate of drug-likeness (QED) is 0.762. The molecule has 3 aliphatic rings. The first-order valence-corrected chi connectivity index (χ1v) is 10.2. The van der Waals surface area contributed by atoms with E-state index in [1.165, 1.54) is 24.8 Å². The molecular weight excluding hydrogens is 324 g/mol. The van der Waals surface area contributed by atoms with Gasteiger partial charge in [0.05, 0.1) is 12.6 Å². The number of allylic oxidation sites excluding steroid dienone is 2. The fourth-order valence-electron chi connectivity index (χ4n) is 4.87. The van der Waals surface area contributed by atoms with Gasteiger partial charge in [0.2, 0.25) is 5.91 Å². The second-order valence-electron chi connectivity index (χ2n) is 7.89. The smallest absolute Gasteiger partial charge is 0.223 e. The summed E-state index contributed by atoms with van der Waals surface area (Å²) in [4.78, 5) is 15.3. The lowest BCUT2D eigenvalue weighted by molar-refractivity contribution is -0.126. The maximum absolute atomic E-state index is 12.7. The van der Waals surface area contributed by atoms with Crippen LogP contribution in [0, 0.1) is 17.8 Å². The monoisotopic (exact) mass is 354 g/mol. The highest BCUT2D eigenvalue weighted by Crippen LogP contribution is 2.43. The Morgan fingerprint density at radius 3 is 2.58 bits per heavy atom. The summed E-state index contributed by atoms with van der Waals surface area (Å²) in [7, 11) is 0. The largest absolute Gasteiger partial charge is 0.494 e. The number of hydrogen-bond donors (Lipinski definition) is 1. The van der Waals surface area contributed by atoms with Gasteiger partial charge in [0.25, 0.3) is 0 Å². The fraction of sp³-hybridized carbons (Fsp3) is 0.591. The molecule has 0 aromatic heterocycles. The second kappa shape index (κ2) is 7.83. The van der Waals surface area contributed by atoms with Crippen LogP contribution in [0.2, 0.25) is 0 Å². The molecule has 4 nitrogen and oxygen atoms in total. The zero-order chi connectivity index (χ0) is 17.9.